The van der Waals surface area contributed by atoms with E-state index < -0.39 is 11.1 Å². The molecule has 2 atom stereocenters. The molecule has 3 aromatic rings. The van der Waals surface area contributed by atoms with Gasteiger partial charge < -0.3 is 10.7 Å². The SMILES string of the molecule is CCc1nnc2n1NC(c1ccccc1)C(C(=O)Nc1ccccc1F)S2. The minimum Gasteiger partial charge on any atom is -0.323 e. The monoisotopic (exact) mass is 383 g/mol. The standard InChI is InChI=1S/C19H18FN5OS/c1-2-15-22-23-19-25(15)24-16(12-8-4-3-5-9-12)17(27-19)18(26)21-14-11-7-6-10-13(14)20/h3-11,16-17,24H,2H2,1H3,(H,21,26). The van der Waals surface area contributed by atoms with Crippen LogP contribution in [0.3, 0.4) is 0 Å². The summed E-state index contributed by atoms with van der Waals surface area (Å²) in [5, 5.41) is 11.1. The predicted octanol–water partition coefficient (Wildman–Crippen LogP) is 3.38. The number of nitrogens with zero attached hydrogens (tertiary/aromatic N) is 3. The number of amides is 1. The Morgan fingerprint density at radius 1 is 1.19 bits per heavy atom. The van der Waals surface area contributed by atoms with Gasteiger partial charge in [-0.15, -0.1) is 10.2 Å². The molecule has 0 aliphatic carbocycles. The van der Waals surface area contributed by atoms with E-state index in [1.54, 1.807) is 18.2 Å². The van der Waals surface area contributed by atoms with Crippen molar-refractivity contribution < 1.29 is 9.18 Å². The zero-order valence-corrected chi connectivity index (χ0v) is 15.4. The average Bonchev–Trinajstić information content (AvgIpc) is 3.11. The van der Waals surface area contributed by atoms with Gasteiger partial charge in [-0.05, 0) is 17.7 Å². The van der Waals surface area contributed by atoms with Crippen molar-refractivity contribution in [3.63, 3.8) is 0 Å². The third-order valence-corrected chi connectivity index (χ3v) is 5.58. The molecule has 1 aliphatic rings. The summed E-state index contributed by atoms with van der Waals surface area (Å²) in [6.07, 6.45) is 0.716. The van der Waals surface area contributed by atoms with Crippen LogP contribution < -0.4 is 10.7 Å². The van der Waals surface area contributed by atoms with Crippen LogP contribution in [0.25, 0.3) is 0 Å². The lowest BCUT2D eigenvalue weighted by molar-refractivity contribution is -0.116. The summed E-state index contributed by atoms with van der Waals surface area (Å²) < 4.78 is 15.8. The summed E-state index contributed by atoms with van der Waals surface area (Å²) in [4.78, 5) is 13.0. The number of carbonyl (C=O) groups is 1. The Morgan fingerprint density at radius 3 is 2.67 bits per heavy atom. The molecule has 0 saturated carbocycles. The molecular formula is C19H18FN5OS. The van der Waals surface area contributed by atoms with Crippen LogP contribution in [0.4, 0.5) is 10.1 Å². The van der Waals surface area contributed by atoms with Crippen molar-refractivity contribution in [2.24, 2.45) is 0 Å². The summed E-state index contributed by atoms with van der Waals surface area (Å²) in [6.45, 7) is 2.00. The van der Waals surface area contributed by atoms with Gasteiger partial charge in [-0.25, -0.2) is 9.07 Å². The zero-order chi connectivity index (χ0) is 18.8. The molecule has 27 heavy (non-hydrogen) atoms. The number of aryl methyl sites for hydroxylation is 1. The van der Waals surface area contributed by atoms with Crippen LogP contribution in [0.5, 0.6) is 0 Å². The molecule has 0 spiro atoms. The molecular weight excluding hydrogens is 365 g/mol. The largest absolute Gasteiger partial charge is 0.323 e. The minimum atomic E-state index is -0.534. The lowest BCUT2D eigenvalue weighted by Crippen LogP contribution is -2.41. The maximum atomic E-state index is 14.0. The van der Waals surface area contributed by atoms with Gasteiger partial charge in [-0.3, -0.25) is 4.79 Å². The highest BCUT2D eigenvalue weighted by atomic mass is 32.2. The van der Waals surface area contributed by atoms with Crippen LogP contribution in [-0.2, 0) is 11.2 Å². The summed E-state index contributed by atoms with van der Waals surface area (Å²) in [6, 6.07) is 15.5. The van der Waals surface area contributed by atoms with Gasteiger partial charge in [0.1, 0.15) is 11.1 Å². The number of halogens is 1. The first-order chi connectivity index (χ1) is 13.2. The molecule has 4 rings (SSSR count). The van der Waals surface area contributed by atoms with E-state index in [1.807, 2.05) is 41.9 Å². The second-order valence-corrected chi connectivity index (χ2v) is 7.22. The lowest BCUT2D eigenvalue weighted by Gasteiger charge is -2.33. The minimum absolute atomic E-state index is 0.163. The first-order valence-electron chi connectivity index (χ1n) is 8.65. The van der Waals surface area contributed by atoms with Crippen LogP contribution in [-0.4, -0.2) is 26.0 Å². The fraction of sp³-hybridized carbons (Fsp3) is 0.211. The third-order valence-electron chi connectivity index (χ3n) is 4.37. The van der Waals surface area contributed by atoms with E-state index in [0.29, 0.717) is 11.6 Å². The van der Waals surface area contributed by atoms with Crippen molar-refractivity contribution in [3.8, 4) is 0 Å². The number of thioether (sulfide) groups is 1. The van der Waals surface area contributed by atoms with Gasteiger partial charge in [-0.1, -0.05) is 61.2 Å². The Balaban J connectivity index is 1.68. The second-order valence-electron chi connectivity index (χ2n) is 6.11. The first kappa shape index (κ1) is 17.5. The number of fused-ring (bicyclic) bond motifs is 1. The van der Waals surface area contributed by atoms with E-state index in [9.17, 15) is 9.18 Å². The summed E-state index contributed by atoms with van der Waals surface area (Å²) >= 11 is 1.32. The van der Waals surface area contributed by atoms with Crippen LogP contribution in [0.2, 0.25) is 0 Å². The fourth-order valence-electron chi connectivity index (χ4n) is 3.00. The molecule has 2 unspecified atom stereocenters. The molecule has 0 saturated heterocycles. The number of hydrogen-bond acceptors (Lipinski definition) is 5. The summed E-state index contributed by atoms with van der Waals surface area (Å²) in [5.41, 5.74) is 4.48. The smallest absolute Gasteiger partial charge is 0.240 e. The molecule has 0 fully saturated rings. The third kappa shape index (κ3) is 3.40. The van der Waals surface area contributed by atoms with Gasteiger partial charge in [0.15, 0.2) is 5.82 Å². The number of carbonyl (C=O) groups excluding carboxylic acids is 1. The van der Waals surface area contributed by atoms with Gasteiger partial charge in [-0.2, -0.15) is 0 Å². The highest BCUT2D eigenvalue weighted by Crippen LogP contribution is 2.37. The number of benzene rings is 2. The number of anilines is 1. The van der Waals surface area contributed by atoms with E-state index in [1.165, 1.54) is 17.8 Å². The average molecular weight is 383 g/mol. The van der Waals surface area contributed by atoms with E-state index in [2.05, 4.69) is 20.9 Å². The maximum Gasteiger partial charge on any atom is 0.240 e. The maximum absolute atomic E-state index is 14.0. The fourth-order valence-corrected chi connectivity index (χ4v) is 4.10. The van der Waals surface area contributed by atoms with Gasteiger partial charge in [0.25, 0.3) is 0 Å². The molecule has 2 N–H and O–H groups in total. The number of hydrogen-bond donors (Lipinski definition) is 2. The molecule has 0 bridgehead atoms. The van der Waals surface area contributed by atoms with Gasteiger partial charge in [0.05, 0.1) is 11.7 Å². The van der Waals surface area contributed by atoms with Crippen molar-refractivity contribution in [3.05, 3.63) is 71.8 Å². The van der Waals surface area contributed by atoms with Crippen LogP contribution >= 0.6 is 11.8 Å². The Hall–Kier alpha value is -2.87. The van der Waals surface area contributed by atoms with E-state index in [-0.39, 0.29) is 17.6 Å². The zero-order valence-electron chi connectivity index (χ0n) is 14.6. The normalized spacial score (nSPS) is 18.4. The van der Waals surface area contributed by atoms with Gasteiger partial charge in [0.2, 0.25) is 11.1 Å². The number of rotatable bonds is 4. The van der Waals surface area contributed by atoms with E-state index >= 15 is 0 Å². The van der Waals surface area contributed by atoms with Crippen molar-refractivity contribution in [1.29, 1.82) is 0 Å². The molecule has 1 aromatic heterocycles. The Morgan fingerprint density at radius 2 is 1.93 bits per heavy atom. The Labute approximate surface area is 160 Å². The Kier molecular flexibility index (Phi) is 4.81. The highest BCUT2D eigenvalue weighted by Gasteiger charge is 2.37. The highest BCUT2D eigenvalue weighted by molar-refractivity contribution is 8.00. The van der Waals surface area contributed by atoms with E-state index in [0.717, 1.165) is 11.4 Å². The van der Waals surface area contributed by atoms with Crippen LogP contribution in [0, 0.1) is 5.82 Å². The quantitative estimate of drug-likeness (QED) is 0.723. The topological polar surface area (TPSA) is 71.8 Å². The van der Waals surface area contributed by atoms with Crippen molar-refractivity contribution in [2.45, 2.75) is 29.8 Å². The number of aromatic nitrogens is 3. The first-order valence-corrected chi connectivity index (χ1v) is 9.53. The summed E-state index contributed by atoms with van der Waals surface area (Å²) in [5.74, 6) is 0.0393. The molecule has 2 aromatic carbocycles. The van der Waals surface area contributed by atoms with Crippen LogP contribution in [0.1, 0.15) is 24.4 Å². The second kappa shape index (κ2) is 7.40. The van der Waals surface area contributed by atoms with E-state index in [4.69, 9.17) is 0 Å². The van der Waals surface area contributed by atoms with Crippen molar-refractivity contribution in [2.75, 3.05) is 10.7 Å². The number of nitrogens with one attached hydrogen (secondary N) is 2. The van der Waals surface area contributed by atoms with Gasteiger partial charge >= 0.3 is 0 Å². The van der Waals surface area contributed by atoms with Crippen LogP contribution in [0.15, 0.2) is 59.8 Å². The summed E-state index contributed by atoms with van der Waals surface area (Å²) in [7, 11) is 0. The van der Waals surface area contributed by atoms with Gasteiger partial charge in [0, 0.05) is 6.42 Å². The lowest BCUT2D eigenvalue weighted by atomic mass is 10.0. The molecule has 6 nitrogen and oxygen atoms in total. The van der Waals surface area contributed by atoms with Crippen molar-refractivity contribution >= 4 is 23.4 Å². The molecule has 138 valence electrons. The van der Waals surface area contributed by atoms with Crippen molar-refractivity contribution in [1.82, 2.24) is 14.9 Å². The molecule has 2 heterocycles. The molecule has 0 radical (unpaired) electrons. The molecule has 1 aliphatic heterocycles. The molecule has 1 amide bonds. The number of para-hydroxylation sites is 1. The Bertz CT molecular complexity index is 962. The predicted molar refractivity (Wildman–Crippen MR) is 103 cm³/mol. The molecule has 8 heteroatoms.